The Morgan fingerprint density at radius 3 is 3.00 bits per heavy atom. The maximum atomic E-state index is 12.1. The lowest BCUT2D eigenvalue weighted by Gasteiger charge is -2.24. The van der Waals surface area contributed by atoms with Crippen molar-refractivity contribution in [3.63, 3.8) is 0 Å². The summed E-state index contributed by atoms with van der Waals surface area (Å²) in [6.45, 7) is 0.703. The number of thioether (sulfide) groups is 1. The number of hydrogen-bond acceptors (Lipinski definition) is 3. The molecule has 1 aromatic heterocycles. The number of aromatic nitrogens is 1. The number of pyridine rings is 1. The van der Waals surface area contributed by atoms with E-state index >= 15 is 0 Å². The third-order valence-electron chi connectivity index (χ3n) is 3.47. The number of carbonyl (C=O) groups excluding carboxylic acids is 1. The summed E-state index contributed by atoms with van der Waals surface area (Å²) < 4.78 is 0. The topological polar surface area (TPSA) is 33.2 Å². The number of benzene rings is 1. The SMILES string of the molecule is O=C1CSC(c2cccc(Cl)c2)N1CCc1cccnc1. The van der Waals surface area contributed by atoms with Crippen LogP contribution in [0.3, 0.4) is 0 Å². The molecule has 1 aliphatic rings. The van der Waals surface area contributed by atoms with E-state index in [1.54, 1.807) is 18.0 Å². The smallest absolute Gasteiger partial charge is 0.233 e. The Morgan fingerprint density at radius 2 is 2.24 bits per heavy atom. The van der Waals surface area contributed by atoms with Gasteiger partial charge in [-0.3, -0.25) is 9.78 Å². The fourth-order valence-corrected chi connectivity index (χ4v) is 3.83. The molecule has 2 aromatic rings. The molecule has 0 aliphatic carbocycles. The molecule has 21 heavy (non-hydrogen) atoms. The minimum Gasteiger partial charge on any atom is -0.325 e. The van der Waals surface area contributed by atoms with Gasteiger partial charge in [-0.2, -0.15) is 0 Å². The molecule has 2 heterocycles. The molecular weight excluding hydrogens is 304 g/mol. The number of carbonyl (C=O) groups is 1. The molecular formula is C16H15ClN2OS. The molecule has 1 aromatic carbocycles. The fraction of sp³-hybridized carbons (Fsp3) is 0.250. The van der Waals surface area contributed by atoms with Crippen molar-refractivity contribution in [3.8, 4) is 0 Å². The van der Waals surface area contributed by atoms with Crippen molar-refractivity contribution in [2.45, 2.75) is 11.8 Å². The van der Waals surface area contributed by atoms with Crippen LogP contribution in [-0.4, -0.2) is 28.1 Å². The van der Waals surface area contributed by atoms with Crippen molar-refractivity contribution in [1.82, 2.24) is 9.88 Å². The molecule has 0 N–H and O–H groups in total. The molecule has 3 rings (SSSR count). The summed E-state index contributed by atoms with van der Waals surface area (Å²) in [7, 11) is 0. The van der Waals surface area contributed by atoms with Gasteiger partial charge >= 0.3 is 0 Å². The number of hydrogen-bond donors (Lipinski definition) is 0. The minimum absolute atomic E-state index is 0.0628. The van der Waals surface area contributed by atoms with Crippen LogP contribution in [0.5, 0.6) is 0 Å². The molecule has 1 atom stereocenters. The number of halogens is 1. The zero-order valence-corrected chi connectivity index (χ0v) is 13.0. The third-order valence-corrected chi connectivity index (χ3v) is 4.96. The molecule has 3 nitrogen and oxygen atoms in total. The molecule has 1 saturated heterocycles. The maximum absolute atomic E-state index is 12.1. The summed E-state index contributed by atoms with van der Waals surface area (Å²) in [4.78, 5) is 18.2. The Morgan fingerprint density at radius 1 is 1.33 bits per heavy atom. The predicted molar refractivity (Wildman–Crippen MR) is 86.3 cm³/mol. The first kappa shape index (κ1) is 14.4. The Balaban J connectivity index is 1.74. The minimum atomic E-state index is 0.0628. The number of amides is 1. The van der Waals surface area contributed by atoms with E-state index < -0.39 is 0 Å². The third kappa shape index (κ3) is 3.39. The van der Waals surface area contributed by atoms with Gasteiger partial charge in [0.1, 0.15) is 5.37 Å². The van der Waals surface area contributed by atoms with Crippen LogP contribution in [0.25, 0.3) is 0 Å². The second-order valence-corrected chi connectivity index (χ2v) is 6.42. The zero-order chi connectivity index (χ0) is 14.7. The van der Waals surface area contributed by atoms with Gasteiger partial charge in [-0.05, 0) is 35.7 Å². The van der Waals surface area contributed by atoms with Gasteiger partial charge in [-0.15, -0.1) is 11.8 Å². The predicted octanol–water partition coefficient (Wildman–Crippen LogP) is 3.55. The van der Waals surface area contributed by atoms with E-state index in [2.05, 4.69) is 4.98 Å². The van der Waals surface area contributed by atoms with Crippen LogP contribution in [0.2, 0.25) is 5.02 Å². The van der Waals surface area contributed by atoms with Gasteiger partial charge in [0, 0.05) is 24.0 Å². The monoisotopic (exact) mass is 318 g/mol. The van der Waals surface area contributed by atoms with Gasteiger partial charge in [0.15, 0.2) is 0 Å². The highest BCUT2D eigenvalue weighted by Gasteiger charge is 2.32. The Labute approximate surface area is 133 Å². The molecule has 0 saturated carbocycles. The van der Waals surface area contributed by atoms with Crippen molar-refractivity contribution in [3.05, 3.63) is 64.9 Å². The van der Waals surface area contributed by atoms with Crippen LogP contribution >= 0.6 is 23.4 Å². The van der Waals surface area contributed by atoms with Gasteiger partial charge in [0.05, 0.1) is 5.75 Å². The Hall–Kier alpha value is -1.52. The molecule has 5 heteroatoms. The van der Waals surface area contributed by atoms with E-state index in [4.69, 9.17) is 11.6 Å². The highest BCUT2D eigenvalue weighted by atomic mass is 35.5. The molecule has 1 amide bonds. The van der Waals surface area contributed by atoms with Crippen molar-refractivity contribution in [2.75, 3.05) is 12.3 Å². The van der Waals surface area contributed by atoms with Crippen LogP contribution in [-0.2, 0) is 11.2 Å². The number of rotatable bonds is 4. The maximum Gasteiger partial charge on any atom is 0.233 e. The van der Waals surface area contributed by atoms with E-state index in [0.717, 1.165) is 17.5 Å². The lowest BCUT2D eigenvalue weighted by Crippen LogP contribution is -2.30. The summed E-state index contributed by atoms with van der Waals surface area (Å²) in [5, 5.41) is 0.771. The molecule has 0 radical (unpaired) electrons. The first-order valence-electron chi connectivity index (χ1n) is 6.79. The van der Waals surface area contributed by atoms with E-state index in [1.165, 1.54) is 0 Å². The zero-order valence-electron chi connectivity index (χ0n) is 11.4. The first-order chi connectivity index (χ1) is 10.2. The lowest BCUT2D eigenvalue weighted by atomic mass is 10.1. The molecule has 1 fully saturated rings. The lowest BCUT2D eigenvalue weighted by molar-refractivity contribution is -0.128. The van der Waals surface area contributed by atoms with Crippen molar-refractivity contribution in [2.24, 2.45) is 0 Å². The van der Waals surface area contributed by atoms with Crippen LogP contribution in [0.15, 0.2) is 48.8 Å². The van der Waals surface area contributed by atoms with Gasteiger partial charge < -0.3 is 4.90 Å². The molecule has 1 aliphatic heterocycles. The van der Waals surface area contributed by atoms with Gasteiger partial charge in [0.2, 0.25) is 5.91 Å². The van der Waals surface area contributed by atoms with Gasteiger partial charge in [0.25, 0.3) is 0 Å². The normalized spacial score (nSPS) is 18.2. The Bertz CT molecular complexity index is 635. The molecule has 0 bridgehead atoms. The van der Waals surface area contributed by atoms with E-state index in [0.29, 0.717) is 17.3 Å². The van der Waals surface area contributed by atoms with E-state index in [1.807, 2.05) is 47.5 Å². The molecule has 0 spiro atoms. The average molecular weight is 319 g/mol. The quantitative estimate of drug-likeness (QED) is 0.864. The van der Waals surface area contributed by atoms with Gasteiger partial charge in [-0.1, -0.05) is 29.8 Å². The van der Waals surface area contributed by atoms with E-state index in [9.17, 15) is 4.79 Å². The summed E-state index contributed by atoms with van der Waals surface area (Å²) in [5.74, 6) is 0.721. The van der Waals surface area contributed by atoms with Crippen LogP contribution in [0.4, 0.5) is 0 Å². The second-order valence-electron chi connectivity index (χ2n) is 4.92. The van der Waals surface area contributed by atoms with Crippen LogP contribution < -0.4 is 0 Å². The van der Waals surface area contributed by atoms with Crippen molar-refractivity contribution < 1.29 is 4.79 Å². The fourth-order valence-electron chi connectivity index (χ4n) is 2.43. The number of nitrogens with zero attached hydrogens (tertiary/aromatic N) is 2. The van der Waals surface area contributed by atoms with E-state index in [-0.39, 0.29) is 11.3 Å². The first-order valence-corrected chi connectivity index (χ1v) is 8.22. The van der Waals surface area contributed by atoms with Crippen molar-refractivity contribution >= 4 is 29.3 Å². The van der Waals surface area contributed by atoms with Crippen LogP contribution in [0.1, 0.15) is 16.5 Å². The Kier molecular flexibility index (Phi) is 4.46. The summed E-state index contributed by atoms with van der Waals surface area (Å²) in [5.41, 5.74) is 2.23. The largest absolute Gasteiger partial charge is 0.325 e. The van der Waals surface area contributed by atoms with Crippen molar-refractivity contribution in [1.29, 1.82) is 0 Å². The average Bonchev–Trinajstić information content (AvgIpc) is 2.87. The highest BCUT2D eigenvalue weighted by Crippen LogP contribution is 2.39. The second kappa shape index (κ2) is 6.50. The summed E-state index contributed by atoms with van der Waals surface area (Å²) in [6.07, 6.45) is 4.43. The standard InChI is InChI=1S/C16H15ClN2OS/c17-14-5-1-4-13(9-14)16-19(15(20)11-21-16)8-6-12-3-2-7-18-10-12/h1-5,7,9-10,16H,6,8,11H2. The summed E-state index contributed by atoms with van der Waals surface area (Å²) >= 11 is 7.72. The molecule has 1 unspecified atom stereocenters. The molecule has 108 valence electrons. The summed E-state index contributed by atoms with van der Waals surface area (Å²) in [6, 6.07) is 11.7. The highest BCUT2D eigenvalue weighted by molar-refractivity contribution is 8.00. The van der Waals surface area contributed by atoms with Gasteiger partial charge in [-0.25, -0.2) is 0 Å². The van der Waals surface area contributed by atoms with Crippen LogP contribution in [0, 0.1) is 0 Å².